The predicted molar refractivity (Wildman–Crippen MR) is 123 cm³/mol. The first-order valence-corrected chi connectivity index (χ1v) is 11.1. The fourth-order valence-electron chi connectivity index (χ4n) is 5.17. The van der Waals surface area contributed by atoms with E-state index >= 15 is 0 Å². The molecule has 166 valence electrons. The number of carbonyl (C=O) groups excluding carboxylic acids is 1. The van der Waals surface area contributed by atoms with Crippen molar-refractivity contribution < 1.29 is 14.6 Å². The number of hydrogen-bond donors (Lipinski definition) is 2. The molecule has 0 radical (unpaired) electrons. The van der Waals surface area contributed by atoms with Crippen molar-refractivity contribution in [1.82, 2.24) is 14.5 Å². The van der Waals surface area contributed by atoms with Gasteiger partial charge in [0.1, 0.15) is 11.6 Å². The summed E-state index contributed by atoms with van der Waals surface area (Å²) in [6.07, 6.45) is 4.80. The molecule has 5 rings (SSSR count). The molecule has 4 atom stereocenters. The van der Waals surface area contributed by atoms with Gasteiger partial charge in [-0.1, -0.05) is 36.4 Å². The average molecular weight is 433 g/mol. The van der Waals surface area contributed by atoms with Crippen molar-refractivity contribution in [3.8, 4) is 17.1 Å². The lowest BCUT2D eigenvalue weighted by Gasteiger charge is -2.36. The Labute approximate surface area is 187 Å². The van der Waals surface area contributed by atoms with Gasteiger partial charge in [0.15, 0.2) is 0 Å². The summed E-state index contributed by atoms with van der Waals surface area (Å²) in [7, 11) is 1.61. The van der Waals surface area contributed by atoms with Gasteiger partial charge in [-0.05, 0) is 36.8 Å². The van der Waals surface area contributed by atoms with Crippen LogP contribution < -0.4 is 10.1 Å². The molecule has 0 bridgehead atoms. The number of aromatic nitrogens is 2. The topological polar surface area (TPSA) is 79.6 Å². The van der Waals surface area contributed by atoms with Crippen molar-refractivity contribution >= 4 is 11.7 Å². The molecular weight excluding hydrogens is 404 g/mol. The zero-order valence-electron chi connectivity index (χ0n) is 18.1. The first-order valence-electron chi connectivity index (χ1n) is 11.1. The number of hydrogen-bond acceptors (Lipinski definition) is 4. The Balaban J connectivity index is 1.28. The van der Waals surface area contributed by atoms with Gasteiger partial charge in [-0.3, -0.25) is 0 Å². The van der Waals surface area contributed by atoms with Gasteiger partial charge in [-0.2, -0.15) is 0 Å². The van der Waals surface area contributed by atoms with Crippen LogP contribution in [0.2, 0.25) is 0 Å². The summed E-state index contributed by atoms with van der Waals surface area (Å²) in [5.41, 5.74) is 1.76. The number of imidazole rings is 1. The number of methoxy groups -OCH3 is 1. The number of fused-ring (bicyclic) bond motifs is 1. The summed E-state index contributed by atoms with van der Waals surface area (Å²) < 4.78 is 7.35. The number of ether oxygens (including phenoxy) is 1. The SMILES string of the molecule is COc1cccc(NC(=O)N2C[C@H]3C[C@H](O)[C@@H](n4ccnc4-c4ccccc4)C[C@H]3C2)c1. The number of nitrogens with one attached hydrogen (secondary N) is 1. The van der Waals surface area contributed by atoms with Crippen LogP contribution in [0.25, 0.3) is 11.4 Å². The van der Waals surface area contributed by atoms with Gasteiger partial charge < -0.3 is 24.6 Å². The number of amides is 2. The van der Waals surface area contributed by atoms with E-state index in [1.807, 2.05) is 65.7 Å². The average Bonchev–Trinajstić information content (AvgIpc) is 3.46. The fraction of sp³-hybridized carbons (Fsp3) is 0.360. The highest BCUT2D eigenvalue weighted by Gasteiger charge is 2.44. The fourth-order valence-corrected chi connectivity index (χ4v) is 5.17. The smallest absolute Gasteiger partial charge is 0.321 e. The van der Waals surface area contributed by atoms with Gasteiger partial charge in [0.05, 0.1) is 19.3 Å². The van der Waals surface area contributed by atoms with E-state index in [4.69, 9.17) is 4.74 Å². The Morgan fingerprint density at radius 3 is 2.66 bits per heavy atom. The molecule has 1 saturated heterocycles. The van der Waals surface area contributed by atoms with Crippen LogP contribution in [-0.2, 0) is 0 Å². The van der Waals surface area contributed by atoms with Gasteiger partial charge in [0.2, 0.25) is 0 Å². The van der Waals surface area contributed by atoms with Gasteiger partial charge in [0, 0.05) is 42.8 Å². The Morgan fingerprint density at radius 1 is 1.09 bits per heavy atom. The highest BCUT2D eigenvalue weighted by Crippen LogP contribution is 2.42. The maximum absolute atomic E-state index is 12.9. The van der Waals surface area contributed by atoms with Crippen LogP contribution in [-0.4, -0.2) is 51.9 Å². The van der Waals surface area contributed by atoms with Crippen LogP contribution in [0, 0.1) is 11.8 Å². The highest BCUT2D eigenvalue weighted by molar-refractivity contribution is 5.89. The second-order valence-electron chi connectivity index (χ2n) is 8.72. The number of likely N-dealkylation sites (tertiary alicyclic amines) is 1. The summed E-state index contributed by atoms with van der Waals surface area (Å²) in [5, 5.41) is 14.0. The quantitative estimate of drug-likeness (QED) is 0.652. The van der Waals surface area contributed by atoms with E-state index < -0.39 is 6.10 Å². The van der Waals surface area contributed by atoms with E-state index in [1.165, 1.54) is 0 Å². The van der Waals surface area contributed by atoms with Crippen molar-refractivity contribution in [2.45, 2.75) is 25.0 Å². The number of carbonyl (C=O) groups is 1. The predicted octanol–water partition coefficient (Wildman–Crippen LogP) is 4.03. The Kier molecular flexibility index (Phi) is 5.57. The lowest BCUT2D eigenvalue weighted by molar-refractivity contribution is 0.0365. The molecule has 7 nitrogen and oxygen atoms in total. The number of rotatable bonds is 4. The number of benzene rings is 2. The first kappa shape index (κ1) is 20.6. The van der Waals surface area contributed by atoms with Crippen LogP contribution >= 0.6 is 0 Å². The summed E-state index contributed by atoms with van der Waals surface area (Å²) >= 11 is 0. The van der Waals surface area contributed by atoms with Crippen LogP contribution in [0.5, 0.6) is 5.75 Å². The largest absolute Gasteiger partial charge is 0.497 e. The molecule has 2 amide bonds. The Bertz CT molecular complexity index is 1080. The molecule has 1 saturated carbocycles. The van der Waals surface area contributed by atoms with E-state index in [0.29, 0.717) is 42.8 Å². The third-order valence-electron chi connectivity index (χ3n) is 6.78. The van der Waals surface area contributed by atoms with Crippen molar-refractivity contribution in [3.05, 3.63) is 67.0 Å². The molecule has 2 fully saturated rings. The van der Waals surface area contributed by atoms with Crippen LogP contribution in [0.1, 0.15) is 18.9 Å². The minimum absolute atomic E-state index is 0.0460. The normalized spacial score (nSPS) is 24.8. The molecule has 2 heterocycles. The molecule has 1 aromatic heterocycles. The minimum Gasteiger partial charge on any atom is -0.497 e. The van der Waals surface area contributed by atoms with Gasteiger partial charge in [-0.25, -0.2) is 9.78 Å². The summed E-state index contributed by atoms with van der Waals surface area (Å²) in [6.45, 7) is 1.36. The third kappa shape index (κ3) is 3.96. The number of anilines is 1. The van der Waals surface area contributed by atoms with Crippen LogP contribution in [0.3, 0.4) is 0 Å². The molecule has 0 spiro atoms. The number of aliphatic hydroxyl groups excluding tert-OH is 1. The molecule has 2 N–H and O–H groups in total. The summed E-state index contributed by atoms with van der Waals surface area (Å²) in [6, 6.07) is 17.3. The zero-order chi connectivity index (χ0) is 22.1. The molecule has 0 unspecified atom stereocenters. The third-order valence-corrected chi connectivity index (χ3v) is 6.78. The lowest BCUT2D eigenvalue weighted by atomic mass is 9.77. The summed E-state index contributed by atoms with van der Waals surface area (Å²) in [4.78, 5) is 19.3. The van der Waals surface area contributed by atoms with Gasteiger partial charge >= 0.3 is 6.03 Å². The minimum atomic E-state index is -0.464. The van der Waals surface area contributed by atoms with E-state index in [9.17, 15) is 9.90 Å². The molecule has 2 aliphatic rings. The lowest BCUT2D eigenvalue weighted by Crippen LogP contribution is -2.36. The van der Waals surface area contributed by atoms with Gasteiger partial charge in [0.25, 0.3) is 0 Å². The molecule has 1 aliphatic carbocycles. The van der Waals surface area contributed by atoms with Crippen molar-refractivity contribution in [2.75, 3.05) is 25.5 Å². The zero-order valence-corrected chi connectivity index (χ0v) is 18.1. The standard InChI is InChI=1S/C25H28N4O3/c1-32-21-9-5-8-20(14-21)27-25(31)28-15-18-12-22(23(30)13-19(18)16-28)29-11-10-26-24(29)17-6-3-2-4-7-17/h2-11,14,18-19,22-23,30H,12-13,15-16H2,1H3,(H,27,31)/t18-,19+,22-,23-/m0/s1. The molecule has 7 heteroatoms. The first-order chi connectivity index (χ1) is 15.6. The van der Waals surface area contributed by atoms with Crippen molar-refractivity contribution in [2.24, 2.45) is 11.8 Å². The van der Waals surface area contributed by atoms with E-state index in [-0.39, 0.29) is 12.1 Å². The molecule has 2 aromatic carbocycles. The molecule has 32 heavy (non-hydrogen) atoms. The van der Waals surface area contributed by atoms with E-state index in [2.05, 4.69) is 14.9 Å². The number of urea groups is 1. The molecule has 1 aliphatic heterocycles. The number of nitrogens with zero attached hydrogens (tertiary/aromatic N) is 3. The second kappa shape index (κ2) is 8.67. The van der Waals surface area contributed by atoms with E-state index in [0.717, 1.165) is 17.8 Å². The summed E-state index contributed by atoms with van der Waals surface area (Å²) in [5.74, 6) is 2.24. The van der Waals surface area contributed by atoms with Gasteiger partial charge in [-0.15, -0.1) is 0 Å². The van der Waals surface area contributed by atoms with Crippen LogP contribution in [0.15, 0.2) is 67.0 Å². The maximum atomic E-state index is 12.9. The molecular formula is C25H28N4O3. The van der Waals surface area contributed by atoms with Crippen molar-refractivity contribution in [1.29, 1.82) is 0 Å². The number of aliphatic hydroxyl groups is 1. The van der Waals surface area contributed by atoms with Crippen molar-refractivity contribution in [3.63, 3.8) is 0 Å². The van der Waals surface area contributed by atoms with E-state index in [1.54, 1.807) is 13.3 Å². The maximum Gasteiger partial charge on any atom is 0.321 e. The molecule has 3 aromatic rings. The highest BCUT2D eigenvalue weighted by atomic mass is 16.5. The monoisotopic (exact) mass is 432 g/mol. The van der Waals surface area contributed by atoms with Crippen LogP contribution in [0.4, 0.5) is 10.5 Å². The Hall–Kier alpha value is -3.32. The second-order valence-corrected chi connectivity index (χ2v) is 8.72. The Morgan fingerprint density at radius 2 is 1.88 bits per heavy atom.